The first kappa shape index (κ1) is 13.4. The van der Waals surface area contributed by atoms with Crippen molar-refractivity contribution in [1.82, 2.24) is 10.6 Å². The molecule has 1 saturated heterocycles. The van der Waals surface area contributed by atoms with Crippen LogP contribution in [0.2, 0.25) is 0 Å². The van der Waals surface area contributed by atoms with Gasteiger partial charge in [0.2, 0.25) is 5.91 Å². The van der Waals surface area contributed by atoms with Gasteiger partial charge in [0.05, 0.1) is 11.5 Å². The summed E-state index contributed by atoms with van der Waals surface area (Å²) < 4.78 is 0. The molecule has 2 saturated carbocycles. The standard InChI is InChI=1S/C15H26N2O2/c1-14(2)10-5-6-15(14,12(18)8-10)13(19)17-9-11-4-3-7-16-11/h10-12,16,18H,3-9H2,1-2H3,(H,17,19)/t10?,11-,12?,15-/m0/s1. The van der Waals surface area contributed by atoms with Crippen molar-refractivity contribution in [2.75, 3.05) is 13.1 Å². The molecule has 0 aromatic heterocycles. The van der Waals surface area contributed by atoms with Gasteiger partial charge in [0.15, 0.2) is 0 Å². The highest BCUT2D eigenvalue weighted by Gasteiger charge is 2.67. The molecule has 4 nitrogen and oxygen atoms in total. The van der Waals surface area contributed by atoms with E-state index in [-0.39, 0.29) is 11.3 Å². The molecule has 1 amide bonds. The summed E-state index contributed by atoms with van der Waals surface area (Å²) in [6.07, 6.45) is 4.60. The van der Waals surface area contributed by atoms with Crippen LogP contribution >= 0.6 is 0 Å². The van der Waals surface area contributed by atoms with Crippen molar-refractivity contribution in [2.24, 2.45) is 16.7 Å². The molecular formula is C15H26N2O2. The number of carbonyl (C=O) groups excluding carboxylic acids is 1. The van der Waals surface area contributed by atoms with Crippen LogP contribution in [0.4, 0.5) is 0 Å². The monoisotopic (exact) mass is 266 g/mol. The second kappa shape index (κ2) is 4.45. The second-order valence-electron chi connectivity index (χ2n) is 7.18. The van der Waals surface area contributed by atoms with E-state index in [1.54, 1.807) is 0 Å². The Morgan fingerprint density at radius 3 is 2.74 bits per heavy atom. The number of amides is 1. The van der Waals surface area contributed by atoms with Crippen LogP contribution in [0, 0.1) is 16.7 Å². The highest BCUT2D eigenvalue weighted by atomic mass is 16.3. The summed E-state index contributed by atoms with van der Waals surface area (Å²) in [6.45, 7) is 6.08. The molecule has 1 aliphatic heterocycles. The fourth-order valence-corrected chi connectivity index (χ4v) is 4.79. The normalized spacial score (nSPS) is 43.6. The highest BCUT2D eigenvalue weighted by molar-refractivity contribution is 5.85. The highest BCUT2D eigenvalue weighted by Crippen LogP contribution is 2.65. The van der Waals surface area contributed by atoms with Gasteiger partial charge in [-0.05, 0) is 50.0 Å². The van der Waals surface area contributed by atoms with Crippen molar-refractivity contribution in [1.29, 1.82) is 0 Å². The molecule has 0 spiro atoms. The van der Waals surface area contributed by atoms with Crippen LogP contribution in [0.3, 0.4) is 0 Å². The predicted octanol–water partition coefficient (Wildman–Crippen LogP) is 1.04. The molecule has 0 aromatic carbocycles. The zero-order chi connectivity index (χ0) is 13.7. The van der Waals surface area contributed by atoms with Gasteiger partial charge in [0.1, 0.15) is 0 Å². The first-order valence-corrected chi connectivity index (χ1v) is 7.68. The number of aliphatic hydroxyl groups excluding tert-OH is 1. The SMILES string of the molecule is CC1(C)C2CC[C@@]1(C(=O)NC[C@@H]1CCCN1)C(O)C2. The van der Waals surface area contributed by atoms with Crippen molar-refractivity contribution in [3.8, 4) is 0 Å². The van der Waals surface area contributed by atoms with Crippen LogP contribution in [-0.2, 0) is 4.79 Å². The average Bonchev–Trinajstić information content (AvgIpc) is 3.00. The maximum atomic E-state index is 12.7. The molecule has 3 aliphatic rings. The Morgan fingerprint density at radius 1 is 1.42 bits per heavy atom. The van der Waals surface area contributed by atoms with Crippen LogP contribution in [-0.4, -0.2) is 36.2 Å². The number of fused-ring (bicyclic) bond motifs is 2. The molecule has 4 heteroatoms. The average molecular weight is 266 g/mol. The summed E-state index contributed by atoms with van der Waals surface area (Å²) in [7, 11) is 0. The van der Waals surface area contributed by atoms with Crippen LogP contribution in [0.1, 0.15) is 46.0 Å². The lowest BCUT2D eigenvalue weighted by molar-refractivity contribution is -0.142. The van der Waals surface area contributed by atoms with E-state index >= 15 is 0 Å². The Balaban J connectivity index is 1.70. The van der Waals surface area contributed by atoms with Gasteiger partial charge in [-0.2, -0.15) is 0 Å². The van der Waals surface area contributed by atoms with E-state index in [9.17, 15) is 9.90 Å². The summed E-state index contributed by atoms with van der Waals surface area (Å²) in [5, 5.41) is 16.9. The zero-order valence-electron chi connectivity index (χ0n) is 12.0. The molecule has 3 rings (SSSR count). The number of carbonyl (C=O) groups is 1. The van der Waals surface area contributed by atoms with Crippen LogP contribution in [0.25, 0.3) is 0 Å². The molecule has 2 bridgehead atoms. The fraction of sp³-hybridized carbons (Fsp3) is 0.933. The van der Waals surface area contributed by atoms with E-state index in [1.165, 1.54) is 6.42 Å². The second-order valence-corrected chi connectivity index (χ2v) is 7.18. The number of hydrogen-bond donors (Lipinski definition) is 3. The van der Waals surface area contributed by atoms with E-state index in [0.29, 0.717) is 18.5 Å². The van der Waals surface area contributed by atoms with Gasteiger partial charge in [-0.25, -0.2) is 0 Å². The lowest BCUT2D eigenvalue weighted by Gasteiger charge is -2.39. The van der Waals surface area contributed by atoms with Crippen molar-refractivity contribution >= 4 is 5.91 Å². The van der Waals surface area contributed by atoms with Crippen LogP contribution < -0.4 is 10.6 Å². The molecule has 3 fully saturated rings. The van der Waals surface area contributed by atoms with Crippen molar-refractivity contribution in [2.45, 2.75) is 58.1 Å². The Bertz CT molecular complexity index is 376. The molecule has 2 unspecified atom stereocenters. The molecule has 3 N–H and O–H groups in total. The smallest absolute Gasteiger partial charge is 0.229 e. The third-order valence-corrected chi connectivity index (χ3v) is 6.21. The predicted molar refractivity (Wildman–Crippen MR) is 73.6 cm³/mol. The van der Waals surface area contributed by atoms with Gasteiger partial charge in [0.25, 0.3) is 0 Å². The molecule has 0 aromatic rings. The summed E-state index contributed by atoms with van der Waals surface area (Å²) in [6, 6.07) is 0.416. The molecule has 1 heterocycles. The third-order valence-electron chi connectivity index (χ3n) is 6.21. The minimum Gasteiger partial charge on any atom is -0.392 e. The molecule has 19 heavy (non-hydrogen) atoms. The van der Waals surface area contributed by atoms with E-state index in [0.717, 1.165) is 32.2 Å². The minimum absolute atomic E-state index is 0.0698. The Morgan fingerprint density at radius 2 is 2.21 bits per heavy atom. The number of nitrogens with one attached hydrogen (secondary N) is 2. The van der Waals surface area contributed by atoms with Crippen LogP contribution in [0.15, 0.2) is 0 Å². The largest absolute Gasteiger partial charge is 0.392 e. The Labute approximate surface area is 115 Å². The van der Waals surface area contributed by atoms with E-state index in [2.05, 4.69) is 24.5 Å². The fourth-order valence-electron chi connectivity index (χ4n) is 4.79. The topological polar surface area (TPSA) is 61.4 Å². The molecule has 4 atom stereocenters. The van der Waals surface area contributed by atoms with Crippen molar-refractivity contribution < 1.29 is 9.90 Å². The maximum Gasteiger partial charge on any atom is 0.229 e. The molecule has 2 aliphatic carbocycles. The van der Waals surface area contributed by atoms with Gasteiger partial charge in [0, 0.05) is 12.6 Å². The van der Waals surface area contributed by atoms with Gasteiger partial charge >= 0.3 is 0 Å². The zero-order valence-corrected chi connectivity index (χ0v) is 12.0. The molecular weight excluding hydrogens is 240 g/mol. The van der Waals surface area contributed by atoms with E-state index < -0.39 is 11.5 Å². The van der Waals surface area contributed by atoms with E-state index in [4.69, 9.17) is 0 Å². The lowest BCUT2D eigenvalue weighted by Crippen LogP contribution is -2.53. The maximum absolute atomic E-state index is 12.7. The number of rotatable bonds is 3. The Kier molecular flexibility index (Phi) is 3.13. The summed E-state index contributed by atoms with van der Waals surface area (Å²) in [5.74, 6) is 0.580. The van der Waals surface area contributed by atoms with Crippen molar-refractivity contribution in [3.63, 3.8) is 0 Å². The number of hydrogen-bond acceptors (Lipinski definition) is 3. The van der Waals surface area contributed by atoms with Gasteiger partial charge in [-0.3, -0.25) is 4.79 Å². The third kappa shape index (κ3) is 1.76. The lowest BCUT2D eigenvalue weighted by atomic mass is 9.67. The van der Waals surface area contributed by atoms with Gasteiger partial charge in [-0.1, -0.05) is 13.8 Å². The summed E-state index contributed by atoms with van der Waals surface area (Å²) in [4.78, 5) is 12.7. The summed E-state index contributed by atoms with van der Waals surface area (Å²) in [5.41, 5.74) is -0.615. The number of aliphatic hydroxyl groups is 1. The molecule has 0 radical (unpaired) electrons. The first-order chi connectivity index (χ1) is 8.98. The first-order valence-electron chi connectivity index (χ1n) is 7.68. The summed E-state index contributed by atoms with van der Waals surface area (Å²) >= 11 is 0. The Hall–Kier alpha value is -0.610. The van der Waals surface area contributed by atoms with Crippen molar-refractivity contribution in [3.05, 3.63) is 0 Å². The van der Waals surface area contributed by atoms with Gasteiger partial charge in [-0.15, -0.1) is 0 Å². The van der Waals surface area contributed by atoms with Crippen LogP contribution in [0.5, 0.6) is 0 Å². The molecule has 108 valence electrons. The minimum atomic E-state index is -0.545. The van der Waals surface area contributed by atoms with E-state index in [1.807, 2.05) is 0 Å². The quantitative estimate of drug-likeness (QED) is 0.715. The van der Waals surface area contributed by atoms with Gasteiger partial charge < -0.3 is 15.7 Å².